The van der Waals surface area contributed by atoms with Crippen LogP contribution < -0.4 is 9.47 Å². The fourth-order valence-electron chi connectivity index (χ4n) is 2.66. The first-order valence-corrected chi connectivity index (χ1v) is 9.38. The Balaban J connectivity index is 1.75. The first-order valence-electron chi connectivity index (χ1n) is 9.38. The quantitative estimate of drug-likeness (QED) is 0.665. The van der Waals surface area contributed by atoms with Crippen LogP contribution in [0.2, 0.25) is 0 Å². The van der Waals surface area contributed by atoms with E-state index in [1.807, 2.05) is 55.4 Å². The van der Waals surface area contributed by atoms with Gasteiger partial charge in [-0.3, -0.25) is 4.84 Å². The van der Waals surface area contributed by atoms with Crippen molar-refractivity contribution in [3.63, 3.8) is 0 Å². The SMILES string of the molecule is CN1COCCOCCOc2ccccc2OC2=C(C=CCN2C)OCCO1. The van der Waals surface area contributed by atoms with Crippen LogP contribution in [0.1, 0.15) is 0 Å². The topological polar surface area (TPSA) is 61.9 Å². The molecular formula is C20H28N2O6. The molecule has 0 fully saturated rings. The molecule has 154 valence electrons. The Labute approximate surface area is 165 Å². The van der Waals surface area contributed by atoms with E-state index >= 15 is 0 Å². The van der Waals surface area contributed by atoms with Gasteiger partial charge in [0.15, 0.2) is 17.3 Å². The second kappa shape index (κ2) is 10.9. The molecule has 2 aliphatic rings. The minimum Gasteiger partial charge on any atom is -0.487 e. The molecule has 0 saturated heterocycles. The summed E-state index contributed by atoms with van der Waals surface area (Å²) in [5, 5.41) is 1.63. The highest BCUT2D eigenvalue weighted by atomic mass is 16.7. The average Bonchev–Trinajstić information content (AvgIpc) is 2.70. The van der Waals surface area contributed by atoms with Crippen LogP contribution in [-0.2, 0) is 19.0 Å². The van der Waals surface area contributed by atoms with Crippen LogP contribution in [0.5, 0.6) is 11.5 Å². The summed E-state index contributed by atoms with van der Waals surface area (Å²) in [6.45, 7) is 3.72. The van der Waals surface area contributed by atoms with Gasteiger partial charge in [0, 0.05) is 20.6 Å². The highest BCUT2D eigenvalue weighted by Gasteiger charge is 2.19. The molecule has 28 heavy (non-hydrogen) atoms. The second-order valence-electron chi connectivity index (χ2n) is 6.31. The van der Waals surface area contributed by atoms with Gasteiger partial charge in [-0.1, -0.05) is 18.2 Å². The zero-order valence-corrected chi connectivity index (χ0v) is 16.5. The monoisotopic (exact) mass is 392 g/mol. The second-order valence-corrected chi connectivity index (χ2v) is 6.31. The summed E-state index contributed by atoms with van der Waals surface area (Å²) >= 11 is 0. The molecule has 0 aliphatic carbocycles. The van der Waals surface area contributed by atoms with E-state index in [2.05, 4.69) is 0 Å². The molecule has 0 saturated carbocycles. The summed E-state index contributed by atoms with van der Waals surface area (Å²) in [6.07, 6.45) is 3.94. The van der Waals surface area contributed by atoms with Gasteiger partial charge in [0.05, 0.1) is 19.8 Å². The van der Waals surface area contributed by atoms with Crippen LogP contribution in [0.25, 0.3) is 0 Å². The van der Waals surface area contributed by atoms with Crippen molar-refractivity contribution < 1.29 is 28.5 Å². The van der Waals surface area contributed by atoms with E-state index in [0.29, 0.717) is 69.5 Å². The maximum Gasteiger partial charge on any atom is 0.238 e. The molecule has 2 heterocycles. The van der Waals surface area contributed by atoms with Crippen LogP contribution in [0, 0.1) is 0 Å². The number of nitrogens with zero attached hydrogens (tertiary/aromatic N) is 2. The fraction of sp³-hybridized carbons (Fsp3) is 0.500. The molecule has 0 N–H and O–H groups in total. The Morgan fingerprint density at radius 2 is 1.57 bits per heavy atom. The predicted molar refractivity (Wildman–Crippen MR) is 103 cm³/mol. The van der Waals surface area contributed by atoms with E-state index in [-0.39, 0.29) is 0 Å². The third-order valence-corrected chi connectivity index (χ3v) is 4.04. The van der Waals surface area contributed by atoms with Gasteiger partial charge in [-0.05, 0) is 18.2 Å². The van der Waals surface area contributed by atoms with Crippen molar-refractivity contribution in [3.05, 3.63) is 48.1 Å². The normalized spacial score (nSPS) is 20.7. The molecule has 0 unspecified atom stereocenters. The number of hydroxylamine groups is 2. The molecule has 0 aromatic heterocycles. The van der Waals surface area contributed by atoms with Gasteiger partial charge in [0.25, 0.3) is 0 Å². The Morgan fingerprint density at radius 3 is 2.46 bits per heavy atom. The Morgan fingerprint density at radius 1 is 0.821 bits per heavy atom. The lowest BCUT2D eigenvalue weighted by molar-refractivity contribution is -0.199. The third-order valence-electron chi connectivity index (χ3n) is 4.04. The number of ether oxygens (including phenoxy) is 5. The summed E-state index contributed by atoms with van der Waals surface area (Å²) in [7, 11) is 3.76. The number of hydrogen-bond donors (Lipinski definition) is 0. The largest absolute Gasteiger partial charge is 0.487 e. The fourth-order valence-corrected chi connectivity index (χ4v) is 2.66. The molecule has 0 radical (unpaired) electrons. The molecule has 0 atom stereocenters. The highest BCUT2D eigenvalue weighted by molar-refractivity contribution is 5.41. The van der Waals surface area contributed by atoms with Crippen molar-refractivity contribution in [3.8, 4) is 11.5 Å². The smallest absolute Gasteiger partial charge is 0.238 e. The minimum absolute atomic E-state index is 0.354. The van der Waals surface area contributed by atoms with Crippen LogP contribution in [0.15, 0.2) is 48.1 Å². The number of allylic oxidation sites excluding steroid dienone is 1. The summed E-state index contributed by atoms with van der Waals surface area (Å²) in [4.78, 5) is 7.55. The predicted octanol–water partition coefficient (Wildman–Crippen LogP) is 2.00. The standard InChI is InChI=1S/C20H28N2O6/c1-21-9-5-8-19-20(21)28-18-7-4-3-6-17(18)25-13-12-23-10-11-24-16-22(2)27-15-14-26-19/h3-8H,9-16H2,1-2H3. The summed E-state index contributed by atoms with van der Waals surface area (Å²) in [6, 6.07) is 7.57. The van der Waals surface area contributed by atoms with Crippen molar-refractivity contribution in [2.45, 2.75) is 0 Å². The Hall–Kier alpha value is -2.26. The first kappa shape index (κ1) is 20.5. The molecule has 3 rings (SSSR count). The summed E-state index contributed by atoms with van der Waals surface area (Å²) in [5.74, 6) is 2.56. The molecule has 0 amide bonds. The minimum atomic E-state index is 0.354. The Kier molecular flexibility index (Phi) is 7.98. The van der Waals surface area contributed by atoms with Crippen molar-refractivity contribution >= 4 is 0 Å². The van der Waals surface area contributed by atoms with Gasteiger partial charge >= 0.3 is 0 Å². The number of fused-ring (bicyclic) bond motifs is 1. The number of rotatable bonds is 0. The third kappa shape index (κ3) is 6.13. The van der Waals surface area contributed by atoms with Gasteiger partial charge in [-0.25, -0.2) is 0 Å². The zero-order valence-electron chi connectivity index (χ0n) is 16.5. The van der Waals surface area contributed by atoms with Gasteiger partial charge in [0.2, 0.25) is 5.88 Å². The van der Waals surface area contributed by atoms with Crippen LogP contribution >= 0.6 is 0 Å². The molecule has 8 heteroatoms. The number of hydrogen-bond acceptors (Lipinski definition) is 8. The average molecular weight is 392 g/mol. The van der Waals surface area contributed by atoms with Crippen molar-refractivity contribution in [2.75, 3.05) is 67.0 Å². The van der Waals surface area contributed by atoms with Crippen LogP contribution in [-0.4, -0.2) is 77.0 Å². The molecule has 8 nitrogen and oxygen atoms in total. The lowest BCUT2D eigenvalue weighted by Crippen LogP contribution is -2.28. The lowest BCUT2D eigenvalue weighted by atomic mass is 10.3. The highest BCUT2D eigenvalue weighted by Crippen LogP contribution is 2.30. The maximum atomic E-state index is 6.17. The van der Waals surface area contributed by atoms with Gasteiger partial charge in [0.1, 0.15) is 26.6 Å². The lowest BCUT2D eigenvalue weighted by Gasteiger charge is -2.27. The number of likely N-dealkylation sites (N-methyl/N-ethyl adjacent to an activating group) is 1. The molecule has 0 spiro atoms. The van der Waals surface area contributed by atoms with Crippen LogP contribution in [0.3, 0.4) is 0 Å². The summed E-state index contributed by atoms with van der Waals surface area (Å²) in [5.41, 5.74) is 0. The summed E-state index contributed by atoms with van der Waals surface area (Å²) < 4.78 is 28.9. The van der Waals surface area contributed by atoms with E-state index in [1.54, 1.807) is 5.06 Å². The molecule has 1 aromatic rings. The van der Waals surface area contributed by atoms with E-state index in [9.17, 15) is 0 Å². The number of benzene rings is 1. The zero-order chi connectivity index (χ0) is 19.6. The van der Waals surface area contributed by atoms with E-state index in [4.69, 9.17) is 28.5 Å². The molecule has 0 bridgehead atoms. The van der Waals surface area contributed by atoms with Gasteiger partial charge < -0.3 is 28.6 Å². The van der Waals surface area contributed by atoms with E-state index < -0.39 is 0 Å². The maximum absolute atomic E-state index is 6.17. The van der Waals surface area contributed by atoms with Gasteiger partial charge in [-0.2, -0.15) is 5.06 Å². The van der Waals surface area contributed by atoms with Crippen molar-refractivity contribution in [1.29, 1.82) is 0 Å². The van der Waals surface area contributed by atoms with E-state index in [1.165, 1.54) is 0 Å². The van der Waals surface area contributed by atoms with Crippen molar-refractivity contribution in [2.24, 2.45) is 0 Å². The Bertz CT molecular complexity index is 678. The van der Waals surface area contributed by atoms with Gasteiger partial charge in [-0.15, -0.1) is 0 Å². The van der Waals surface area contributed by atoms with Crippen molar-refractivity contribution in [1.82, 2.24) is 9.96 Å². The number of para-hydroxylation sites is 2. The molecule has 2 aliphatic heterocycles. The first-order chi connectivity index (χ1) is 13.7. The molecular weight excluding hydrogens is 364 g/mol. The molecule has 1 aromatic carbocycles. The van der Waals surface area contributed by atoms with E-state index in [0.717, 1.165) is 6.54 Å². The van der Waals surface area contributed by atoms with Crippen LogP contribution in [0.4, 0.5) is 0 Å².